The third kappa shape index (κ3) is 5.17. The second-order valence-corrected chi connectivity index (χ2v) is 7.32. The summed E-state index contributed by atoms with van der Waals surface area (Å²) < 4.78 is 33.8. The largest absolute Gasteiger partial charge is 0.477 e. The number of nitrogens with one attached hydrogen (secondary N) is 1. The summed E-state index contributed by atoms with van der Waals surface area (Å²) in [5.74, 6) is 1.30. The summed E-state index contributed by atoms with van der Waals surface area (Å²) >= 11 is 6.02. The lowest BCUT2D eigenvalue weighted by Crippen LogP contribution is -2.10. The Labute approximate surface area is 192 Å². The quantitative estimate of drug-likeness (QED) is 0.278. The van der Waals surface area contributed by atoms with Crippen molar-refractivity contribution in [2.45, 2.75) is 13.0 Å². The van der Waals surface area contributed by atoms with Crippen LogP contribution in [0, 0.1) is 0 Å². The van der Waals surface area contributed by atoms with Crippen LogP contribution in [0.3, 0.4) is 0 Å². The maximum atomic E-state index is 12.9. The number of rotatable bonds is 9. The van der Waals surface area contributed by atoms with Crippen molar-refractivity contribution < 1.29 is 13.5 Å². The van der Waals surface area contributed by atoms with E-state index in [1.54, 1.807) is 36.3 Å². The van der Waals surface area contributed by atoms with E-state index >= 15 is 0 Å². The van der Waals surface area contributed by atoms with Gasteiger partial charge in [-0.15, -0.1) is 0 Å². The van der Waals surface area contributed by atoms with Crippen LogP contribution in [0.25, 0.3) is 22.6 Å². The van der Waals surface area contributed by atoms with Crippen molar-refractivity contribution in [2.24, 2.45) is 7.05 Å². The van der Waals surface area contributed by atoms with E-state index in [0.717, 1.165) is 0 Å². The molecule has 0 aliphatic heterocycles. The second kappa shape index (κ2) is 9.77. The van der Waals surface area contributed by atoms with Gasteiger partial charge in [0, 0.05) is 43.4 Å². The fourth-order valence-corrected chi connectivity index (χ4v) is 3.25. The Balaban J connectivity index is 1.39. The topological polar surface area (TPSA) is 122 Å². The highest BCUT2D eigenvalue weighted by molar-refractivity contribution is 6.29. The number of hydrogen-bond donors (Lipinski definition) is 2. The summed E-state index contributed by atoms with van der Waals surface area (Å²) in [4.78, 5) is 12.5. The normalized spacial score (nSPS) is 11.2. The van der Waals surface area contributed by atoms with E-state index in [9.17, 15) is 8.78 Å². The molecular formula is C20H20ClF2N9O. The van der Waals surface area contributed by atoms with Crippen LogP contribution in [-0.2, 0) is 7.05 Å². The number of nitrogen functional groups attached to an aromatic ring is 1. The summed E-state index contributed by atoms with van der Waals surface area (Å²) in [5.41, 5.74) is 7.93. The van der Waals surface area contributed by atoms with Crippen LogP contribution in [-0.4, -0.2) is 47.7 Å². The standard InChI is InChI=1S/C20H20ClF2N9O/c1-31-19(13(11-28-31)18-26-6-3-17(24)29-18)33-8-2-5-25-15-9-16(21)27-10-12(15)14-4-7-32(30-14)20(22)23/h3-4,6-7,9-11,20H,2,5,8H2,1H3,(H,25,27)(H2,24,26,29). The molecule has 0 unspecified atom stereocenters. The average Bonchev–Trinajstić information content (AvgIpc) is 3.41. The summed E-state index contributed by atoms with van der Waals surface area (Å²) in [6, 6.07) is 4.72. The van der Waals surface area contributed by atoms with Crippen molar-refractivity contribution in [3.05, 3.63) is 48.1 Å². The van der Waals surface area contributed by atoms with Crippen molar-refractivity contribution in [1.82, 2.24) is 34.5 Å². The molecule has 3 N–H and O–H groups in total. The van der Waals surface area contributed by atoms with E-state index in [4.69, 9.17) is 22.1 Å². The Bertz CT molecular complexity index is 1240. The average molecular weight is 476 g/mol. The van der Waals surface area contributed by atoms with Gasteiger partial charge in [-0.2, -0.15) is 19.0 Å². The van der Waals surface area contributed by atoms with E-state index in [2.05, 4.69) is 30.5 Å². The number of alkyl halides is 2. The van der Waals surface area contributed by atoms with E-state index in [0.29, 0.717) is 64.3 Å². The molecule has 0 atom stereocenters. The number of pyridine rings is 1. The highest BCUT2D eigenvalue weighted by Crippen LogP contribution is 2.29. The molecule has 0 aromatic carbocycles. The molecule has 0 aliphatic rings. The van der Waals surface area contributed by atoms with Crippen LogP contribution in [0.1, 0.15) is 13.0 Å². The number of hydrogen-bond acceptors (Lipinski definition) is 8. The lowest BCUT2D eigenvalue weighted by atomic mass is 10.1. The van der Waals surface area contributed by atoms with Gasteiger partial charge in [0.25, 0.3) is 0 Å². The number of nitrogens with two attached hydrogens (primary N) is 1. The van der Waals surface area contributed by atoms with Crippen molar-refractivity contribution >= 4 is 23.1 Å². The molecule has 0 saturated heterocycles. The van der Waals surface area contributed by atoms with E-state index in [-0.39, 0.29) is 5.15 Å². The van der Waals surface area contributed by atoms with Gasteiger partial charge in [0.2, 0.25) is 5.88 Å². The lowest BCUT2D eigenvalue weighted by Gasteiger charge is -2.12. The summed E-state index contributed by atoms with van der Waals surface area (Å²) in [6.07, 6.45) is 6.51. The molecule has 0 amide bonds. The molecule has 4 aromatic rings. The lowest BCUT2D eigenvalue weighted by molar-refractivity contribution is 0.0568. The van der Waals surface area contributed by atoms with E-state index < -0.39 is 6.55 Å². The fourth-order valence-electron chi connectivity index (χ4n) is 3.09. The molecule has 4 heterocycles. The van der Waals surface area contributed by atoms with Gasteiger partial charge in [-0.05, 0) is 24.6 Å². The Kier molecular flexibility index (Phi) is 6.63. The molecule has 10 nitrogen and oxygen atoms in total. The van der Waals surface area contributed by atoms with Gasteiger partial charge in [0.1, 0.15) is 16.5 Å². The zero-order chi connectivity index (χ0) is 23.4. The van der Waals surface area contributed by atoms with Gasteiger partial charge in [0.15, 0.2) is 5.82 Å². The number of halogens is 3. The summed E-state index contributed by atoms with van der Waals surface area (Å²) in [7, 11) is 1.76. The van der Waals surface area contributed by atoms with E-state index in [1.807, 2.05) is 0 Å². The fraction of sp³-hybridized carbons (Fsp3) is 0.250. The number of ether oxygens (including phenoxy) is 1. The third-order valence-electron chi connectivity index (χ3n) is 4.63. The Morgan fingerprint density at radius 1 is 1.21 bits per heavy atom. The summed E-state index contributed by atoms with van der Waals surface area (Å²) in [6.45, 7) is -1.83. The highest BCUT2D eigenvalue weighted by atomic mass is 35.5. The molecule has 172 valence electrons. The predicted molar refractivity (Wildman–Crippen MR) is 119 cm³/mol. The number of aromatic nitrogens is 7. The Morgan fingerprint density at radius 3 is 2.82 bits per heavy atom. The smallest absolute Gasteiger partial charge is 0.333 e. The molecule has 4 aromatic heterocycles. The number of nitrogens with zero attached hydrogens (tertiary/aromatic N) is 7. The molecule has 0 saturated carbocycles. The zero-order valence-corrected chi connectivity index (χ0v) is 18.2. The van der Waals surface area contributed by atoms with E-state index in [1.165, 1.54) is 18.5 Å². The molecular weight excluding hydrogens is 456 g/mol. The maximum Gasteiger partial charge on any atom is 0.333 e. The minimum Gasteiger partial charge on any atom is -0.477 e. The molecule has 0 spiro atoms. The highest BCUT2D eigenvalue weighted by Gasteiger charge is 2.16. The molecule has 0 aliphatic carbocycles. The van der Waals surface area contributed by atoms with Crippen molar-refractivity contribution in [3.8, 4) is 28.5 Å². The first-order chi connectivity index (χ1) is 15.9. The monoisotopic (exact) mass is 475 g/mol. The predicted octanol–water partition coefficient (Wildman–Crippen LogP) is 3.65. The molecule has 0 bridgehead atoms. The SMILES string of the molecule is Cn1ncc(-c2nccc(N)n2)c1OCCCNc1cc(Cl)ncc1-c1ccn(C(F)F)n1. The minimum absolute atomic E-state index is 0.271. The van der Waals surface area contributed by atoms with Crippen LogP contribution >= 0.6 is 11.6 Å². The van der Waals surface area contributed by atoms with Gasteiger partial charge < -0.3 is 15.8 Å². The maximum absolute atomic E-state index is 12.9. The molecule has 0 fully saturated rings. The van der Waals surface area contributed by atoms with Crippen LogP contribution in [0.2, 0.25) is 5.15 Å². The molecule has 0 radical (unpaired) electrons. The van der Waals surface area contributed by atoms with Crippen LogP contribution in [0.5, 0.6) is 5.88 Å². The Morgan fingerprint density at radius 2 is 2.06 bits per heavy atom. The third-order valence-corrected chi connectivity index (χ3v) is 4.84. The van der Waals surface area contributed by atoms with Crippen molar-refractivity contribution in [2.75, 3.05) is 24.2 Å². The first-order valence-electron chi connectivity index (χ1n) is 9.89. The van der Waals surface area contributed by atoms with Gasteiger partial charge in [-0.1, -0.05) is 11.6 Å². The van der Waals surface area contributed by atoms with Crippen LogP contribution < -0.4 is 15.8 Å². The summed E-state index contributed by atoms with van der Waals surface area (Å²) in [5, 5.41) is 11.6. The molecule has 13 heteroatoms. The molecule has 33 heavy (non-hydrogen) atoms. The van der Waals surface area contributed by atoms with Gasteiger partial charge in [0.05, 0.1) is 18.5 Å². The first-order valence-corrected chi connectivity index (χ1v) is 10.3. The first kappa shape index (κ1) is 22.4. The number of anilines is 2. The number of aryl methyl sites for hydroxylation is 1. The zero-order valence-electron chi connectivity index (χ0n) is 17.5. The molecule has 4 rings (SSSR count). The second-order valence-electron chi connectivity index (χ2n) is 6.93. The van der Waals surface area contributed by atoms with Crippen LogP contribution in [0.4, 0.5) is 20.3 Å². The van der Waals surface area contributed by atoms with Crippen LogP contribution in [0.15, 0.2) is 43.0 Å². The Hall–Kier alpha value is -3.80. The minimum atomic E-state index is -2.72. The van der Waals surface area contributed by atoms with Gasteiger partial charge in [-0.25, -0.2) is 24.3 Å². The van der Waals surface area contributed by atoms with Gasteiger partial charge >= 0.3 is 6.55 Å². The van der Waals surface area contributed by atoms with Crippen molar-refractivity contribution in [3.63, 3.8) is 0 Å². The van der Waals surface area contributed by atoms with Crippen molar-refractivity contribution in [1.29, 1.82) is 0 Å². The van der Waals surface area contributed by atoms with Gasteiger partial charge in [-0.3, -0.25) is 0 Å².